The van der Waals surface area contributed by atoms with E-state index in [1.165, 1.54) is 0 Å². The summed E-state index contributed by atoms with van der Waals surface area (Å²) in [6.45, 7) is 4.81. The Labute approximate surface area is 97.1 Å². The maximum atomic E-state index is 13.6. The predicted octanol–water partition coefficient (Wildman–Crippen LogP) is 2.47. The third-order valence-electron chi connectivity index (χ3n) is 3.04. The Morgan fingerprint density at radius 3 is 2.18 bits per heavy atom. The number of nitro groups is 2. The molecule has 94 valence electrons. The van der Waals surface area contributed by atoms with E-state index in [9.17, 15) is 24.6 Å². The summed E-state index contributed by atoms with van der Waals surface area (Å²) in [5.41, 5.74) is -3.19. The minimum Gasteiger partial charge on any atom is -0.264 e. The molecule has 1 unspecified atom stereocenters. The van der Waals surface area contributed by atoms with Crippen LogP contribution in [-0.2, 0) is 0 Å². The van der Waals surface area contributed by atoms with Crippen molar-refractivity contribution in [1.29, 1.82) is 0 Å². The molecule has 0 aliphatic heterocycles. The molecule has 0 N–H and O–H groups in total. The summed E-state index contributed by atoms with van der Waals surface area (Å²) in [4.78, 5) is 20.2. The van der Waals surface area contributed by atoms with Gasteiger partial charge in [-0.25, -0.2) is 4.39 Å². The Bertz CT molecular complexity index is 436. The van der Waals surface area contributed by atoms with Crippen molar-refractivity contribution in [2.24, 2.45) is 5.41 Å². The van der Waals surface area contributed by atoms with Crippen molar-refractivity contribution in [3.63, 3.8) is 0 Å². The first kappa shape index (κ1) is 13.3. The maximum Gasteiger partial charge on any atom is 0.300 e. The highest BCUT2D eigenvalue weighted by atomic mass is 19.1. The first-order valence-electron chi connectivity index (χ1n) is 4.98. The number of hydrogen-bond donors (Lipinski definition) is 0. The molecule has 0 amide bonds. The normalized spacial score (nSPS) is 24.9. The lowest BCUT2D eigenvalue weighted by atomic mass is 9.70. The van der Waals surface area contributed by atoms with Gasteiger partial charge in [0.2, 0.25) is 0 Å². The van der Waals surface area contributed by atoms with Gasteiger partial charge in [-0.05, 0) is 6.08 Å². The predicted molar refractivity (Wildman–Crippen MR) is 58.1 cm³/mol. The average Bonchev–Trinajstić information content (AvgIpc) is 2.14. The van der Waals surface area contributed by atoms with Crippen LogP contribution >= 0.6 is 0 Å². The molecule has 0 bridgehead atoms. The van der Waals surface area contributed by atoms with Crippen molar-refractivity contribution in [2.45, 2.75) is 32.7 Å². The zero-order valence-electron chi connectivity index (χ0n) is 9.77. The van der Waals surface area contributed by atoms with Gasteiger partial charge in [-0.15, -0.1) is 0 Å². The van der Waals surface area contributed by atoms with E-state index in [0.29, 0.717) is 0 Å². The minimum atomic E-state index is -1.64. The van der Waals surface area contributed by atoms with Crippen LogP contribution in [0.15, 0.2) is 23.7 Å². The van der Waals surface area contributed by atoms with E-state index in [2.05, 4.69) is 0 Å². The zero-order valence-corrected chi connectivity index (χ0v) is 9.77. The second-order valence-electron chi connectivity index (χ2n) is 4.99. The molecule has 6 nitrogen and oxygen atoms in total. The molecule has 0 aromatic carbocycles. The van der Waals surface area contributed by atoms with Crippen LogP contribution in [0.25, 0.3) is 0 Å². The smallest absolute Gasteiger partial charge is 0.264 e. The van der Waals surface area contributed by atoms with E-state index in [1.54, 1.807) is 20.8 Å². The van der Waals surface area contributed by atoms with Gasteiger partial charge in [-0.2, -0.15) is 0 Å². The fourth-order valence-electron chi connectivity index (χ4n) is 1.77. The van der Waals surface area contributed by atoms with Gasteiger partial charge in [0, 0.05) is 16.4 Å². The van der Waals surface area contributed by atoms with E-state index >= 15 is 0 Å². The number of nitrogens with zero attached hydrogens (tertiary/aromatic N) is 2. The monoisotopic (exact) mass is 244 g/mol. The highest BCUT2D eigenvalue weighted by Crippen LogP contribution is 2.43. The fourth-order valence-corrected chi connectivity index (χ4v) is 1.77. The Kier molecular flexibility index (Phi) is 3.05. The van der Waals surface area contributed by atoms with Crippen LogP contribution in [0.3, 0.4) is 0 Å². The second kappa shape index (κ2) is 3.90. The van der Waals surface area contributed by atoms with Gasteiger partial charge in [0.05, 0.1) is 11.3 Å². The first-order valence-corrected chi connectivity index (χ1v) is 4.98. The standard InChI is InChI=1S/C10H13FN2O4/c1-9(2,3)10(13(16)17)5-4-8(12(14)15)7(11)6-10/h4-5H,6H2,1-3H3. The summed E-state index contributed by atoms with van der Waals surface area (Å²) in [5.74, 6) is -1.05. The molecule has 0 spiro atoms. The summed E-state index contributed by atoms with van der Waals surface area (Å²) in [7, 11) is 0. The van der Waals surface area contributed by atoms with Crippen LogP contribution in [0.1, 0.15) is 27.2 Å². The van der Waals surface area contributed by atoms with Gasteiger partial charge < -0.3 is 0 Å². The lowest BCUT2D eigenvalue weighted by molar-refractivity contribution is -0.575. The molecule has 0 saturated heterocycles. The van der Waals surface area contributed by atoms with E-state index < -0.39 is 38.7 Å². The molecular formula is C10H13FN2O4. The molecule has 1 rings (SSSR count). The number of rotatable bonds is 2. The van der Waals surface area contributed by atoms with E-state index in [1.807, 2.05) is 0 Å². The quantitative estimate of drug-likeness (QED) is 0.551. The van der Waals surface area contributed by atoms with Gasteiger partial charge in [0.25, 0.3) is 5.54 Å². The topological polar surface area (TPSA) is 86.3 Å². The molecule has 0 radical (unpaired) electrons. The van der Waals surface area contributed by atoms with E-state index in [0.717, 1.165) is 12.2 Å². The van der Waals surface area contributed by atoms with Crippen LogP contribution < -0.4 is 0 Å². The molecule has 0 aromatic rings. The van der Waals surface area contributed by atoms with E-state index in [-0.39, 0.29) is 0 Å². The third-order valence-corrected chi connectivity index (χ3v) is 3.04. The fraction of sp³-hybridized carbons (Fsp3) is 0.600. The van der Waals surface area contributed by atoms with Crippen molar-refractivity contribution in [3.05, 3.63) is 43.9 Å². The summed E-state index contributed by atoms with van der Waals surface area (Å²) in [6.07, 6.45) is 1.41. The number of allylic oxidation sites excluding steroid dienone is 1. The van der Waals surface area contributed by atoms with Crippen molar-refractivity contribution in [2.75, 3.05) is 0 Å². The SMILES string of the molecule is CC(C)(C)C1([N+](=O)[O-])C=CC([N+](=O)[O-])=C(F)C1. The van der Waals surface area contributed by atoms with Crippen molar-refractivity contribution >= 4 is 0 Å². The first-order chi connectivity index (χ1) is 7.62. The molecule has 1 aliphatic carbocycles. The molecule has 0 fully saturated rings. The zero-order chi connectivity index (χ0) is 13.4. The van der Waals surface area contributed by atoms with Crippen LogP contribution in [0.5, 0.6) is 0 Å². The minimum absolute atomic E-state index is 0.584. The molecule has 1 atom stereocenters. The maximum absolute atomic E-state index is 13.6. The summed E-state index contributed by atoms with van der Waals surface area (Å²) in [6, 6.07) is 0. The van der Waals surface area contributed by atoms with E-state index in [4.69, 9.17) is 0 Å². The van der Waals surface area contributed by atoms with Crippen LogP contribution in [0.2, 0.25) is 0 Å². The highest BCUT2D eigenvalue weighted by Gasteiger charge is 2.55. The number of hydrogen-bond acceptors (Lipinski definition) is 4. The average molecular weight is 244 g/mol. The Balaban J connectivity index is 3.26. The highest BCUT2D eigenvalue weighted by molar-refractivity contribution is 5.28. The van der Waals surface area contributed by atoms with Gasteiger partial charge >= 0.3 is 5.70 Å². The second-order valence-corrected chi connectivity index (χ2v) is 4.99. The Morgan fingerprint density at radius 2 is 1.88 bits per heavy atom. The Hall–Kier alpha value is -1.79. The molecule has 1 aliphatic rings. The van der Waals surface area contributed by atoms with Gasteiger partial charge in [0.1, 0.15) is 0 Å². The molecule has 0 heterocycles. The Morgan fingerprint density at radius 1 is 1.35 bits per heavy atom. The van der Waals surface area contributed by atoms with Gasteiger partial charge in [0.15, 0.2) is 5.83 Å². The largest absolute Gasteiger partial charge is 0.300 e. The lowest BCUT2D eigenvalue weighted by Crippen LogP contribution is -2.49. The van der Waals surface area contributed by atoms with Crippen molar-refractivity contribution in [3.8, 4) is 0 Å². The molecule has 7 heteroatoms. The van der Waals surface area contributed by atoms with Gasteiger partial charge in [-0.1, -0.05) is 20.8 Å². The summed E-state index contributed by atoms with van der Waals surface area (Å²) in [5, 5.41) is 21.6. The van der Waals surface area contributed by atoms with Crippen LogP contribution in [0.4, 0.5) is 4.39 Å². The molecular weight excluding hydrogens is 231 g/mol. The van der Waals surface area contributed by atoms with Gasteiger partial charge in [-0.3, -0.25) is 20.2 Å². The molecule has 17 heavy (non-hydrogen) atoms. The van der Waals surface area contributed by atoms with Crippen molar-refractivity contribution in [1.82, 2.24) is 0 Å². The lowest BCUT2D eigenvalue weighted by Gasteiger charge is -2.34. The van der Waals surface area contributed by atoms with Crippen molar-refractivity contribution < 1.29 is 14.2 Å². The molecule has 0 saturated carbocycles. The molecule has 0 aromatic heterocycles. The van der Waals surface area contributed by atoms with Crippen LogP contribution in [0, 0.1) is 25.6 Å². The van der Waals surface area contributed by atoms with Crippen LogP contribution in [-0.4, -0.2) is 15.4 Å². The third kappa shape index (κ3) is 2.04. The summed E-state index contributed by atoms with van der Waals surface area (Å²) < 4.78 is 13.6. The summed E-state index contributed by atoms with van der Waals surface area (Å²) >= 11 is 0. The number of halogens is 1.